The van der Waals surface area contributed by atoms with Crippen LogP contribution in [-0.2, 0) is 4.79 Å². The minimum absolute atomic E-state index is 0.320. The van der Waals surface area contributed by atoms with Gasteiger partial charge in [0, 0.05) is 5.57 Å². The highest BCUT2D eigenvalue weighted by atomic mass is 32.1. The SMILES string of the molecule is C=C(CCCCCCS)C(=O)O. The Morgan fingerprint density at radius 1 is 1.25 bits per heavy atom. The normalized spacial score (nSPS) is 9.75. The molecule has 0 amide bonds. The van der Waals surface area contributed by atoms with Crippen LogP contribution in [0, 0.1) is 0 Å². The third kappa shape index (κ3) is 6.28. The fourth-order valence-electron chi connectivity index (χ4n) is 0.911. The largest absolute Gasteiger partial charge is 0.478 e. The summed E-state index contributed by atoms with van der Waals surface area (Å²) >= 11 is 4.08. The Kier molecular flexibility index (Phi) is 6.96. The van der Waals surface area contributed by atoms with Crippen molar-refractivity contribution in [3.8, 4) is 0 Å². The molecule has 0 saturated heterocycles. The molecule has 0 unspecified atom stereocenters. The van der Waals surface area contributed by atoms with Gasteiger partial charge in [-0.25, -0.2) is 4.79 Å². The van der Waals surface area contributed by atoms with Crippen molar-refractivity contribution in [1.29, 1.82) is 0 Å². The lowest BCUT2D eigenvalue weighted by Gasteiger charge is -1.99. The van der Waals surface area contributed by atoms with Gasteiger partial charge in [0.1, 0.15) is 0 Å². The average Bonchev–Trinajstić information content (AvgIpc) is 2.03. The van der Waals surface area contributed by atoms with E-state index in [9.17, 15) is 4.79 Å². The van der Waals surface area contributed by atoms with Crippen LogP contribution >= 0.6 is 12.6 Å². The highest BCUT2D eigenvalue weighted by Crippen LogP contribution is 2.08. The van der Waals surface area contributed by atoms with E-state index in [4.69, 9.17) is 5.11 Å². The molecule has 0 aliphatic heterocycles. The summed E-state index contributed by atoms with van der Waals surface area (Å²) in [5, 5.41) is 8.47. The molecule has 70 valence electrons. The van der Waals surface area contributed by atoms with Gasteiger partial charge in [0.05, 0.1) is 0 Å². The maximum absolute atomic E-state index is 10.3. The predicted octanol–water partition coefficient (Wildman–Crippen LogP) is 2.51. The molecule has 0 rings (SSSR count). The topological polar surface area (TPSA) is 37.3 Å². The molecule has 0 fully saturated rings. The summed E-state index contributed by atoms with van der Waals surface area (Å²) < 4.78 is 0. The number of carboxylic acid groups (broad SMARTS) is 1. The number of carbonyl (C=O) groups is 1. The molecule has 0 aromatic heterocycles. The van der Waals surface area contributed by atoms with Crippen molar-refractivity contribution in [3.63, 3.8) is 0 Å². The van der Waals surface area contributed by atoms with Gasteiger partial charge < -0.3 is 5.11 Å². The van der Waals surface area contributed by atoms with Crippen molar-refractivity contribution < 1.29 is 9.90 Å². The summed E-state index contributed by atoms with van der Waals surface area (Å²) in [6.45, 7) is 3.46. The smallest absolute Gasteiger partial charge is 0.330 e. The Morgan fingerprint density at radius 3 is 2.33 bits per heavy atom. The lowest BCUT2D eigenvalue weighted by atomic mass is 10.1. The van der Waals surface area contributed by atoms with E-state index in [0.29, 0.717) is 12.0 Å². The first kappa shape index (κ1) is 11.6. The Bertz CT molecular complexity index is 155. The van der Waals surface area contributed by atoms with Gasteiger partial charge in [-0.2, -0.15) is 12.6 Å². The molecular formula is C9H16O2S. The number of rotatable bonds is 7. The molecule has 0 aromatic rings. The Labute approximate surface area is 79.1 Å². The fourth-order valence-corrected chi connectivity index (χ4v) is 1.13. The maximum atomic E-state index is 10.3. The quantitative estimate of drug-likeness (QED) is 0.366. The van der Waals surface area contributed by atoms with Crippen LogP contribution in [0.5, 0.6) is 0 Å². The van der Waals surface area contributed by atoms with Crippen LogP contribution in [0.15, 0.2) is 12.2 Å². The van der Waals surface area contributed by atoms with Crippen molar-refractivity contribution in [2.24, 2.45) is 0 Å². The Hall–Kier alpha value is -0.440. The van der Waals surface area contributed by atoms with E-state index in [2.05, 4.69) is 19.2 Å². The van der Waals surface area contributed by atoms with Crippen molar-refractivity contribution in [3.05, 3.63) is 12.2 Å². The molecule has 1 N–H and O–H groups in total. The molecule has 0 bridgehead atoms. The van der Waals surface area contributed by atoms with E-state index in [1.165, 1.54) is 0 Å². The second-order valence-electron chi connectivity index (χ2n) is 2.80. The Balaban J connectivity index is 3.20. The van der Waals surface area contributed by atoms with Gasteiger partial charge >= 0.3 is 5.97 Å². The summed E-state index contributed by atoms with van der Waals surface area (Å²) in [7, 11) is 0. The van der Waals surface area contributed by atoms with Crippen LogP contribution in [0.3, 0.4) is 0 Å². The molecule has 0 spiro atoms. The molecule has 0 saturated carbocycles. The van der Waals surface area contributed by atoms with Crippen molar-refractivity contribution in [2.45, 2.75) is 32.1 Å². The molecular weight excluding hydrogens is 172 g/mol. The van der Waals surface area contributed by atoms with Gasteiger partial charge in [-0.05, 0) is 25.0 Å². The van der Waals surface area contributed by atoms with Gasteiger partial charge in [-0.15, -0.1) is 0 Å². The van der Waals surface area contributed by atoms with Gasteiger partial charge in [-0.3, -0.25) is 0 Å². The Morgan fingerprint density at radius 2 is 1.83 bits per heavy atom. The summed E-state index contributed by atoms with van der Waals surface area (Å²) in [6, 6.07) is 0. The zero-order valence-electron chi connectivity index (χ0n) is 7.25. The van der Waals surface area contributed by atoms with Gasteiger partial charge in [0.15, 0.2) is 0 Å². The molecule has 0 aliphatic rings. The van der Waals surface area contributed by atoms with E-state index >= 15 is 0 Å². The zero-order chi connectivity index (χ0) is 9.40. The molecule has 0 radical (unpaired) electrons. The van der Waals surface area contributed by atoms with E-state index in [-0.39, 0.29) is 0 Å². The number of unbranched alkanes of at least 4 members (excludes halogenated alkanes) is 3. The minimum Gasteiger partial charge on any atom is -0.478 e. The van der Waals surface area contributed by atoms with Crippen molar-refractivity contribution >= 4 is 18.6 Å². The van der Waals surface area contributed by atoms with Crippen LogP contribution in [0.2, 0.25) is 0 Å². The first-order chi connectivity index (χ1) is 5.68. The standard InChI is InChI=1S/C9H16O2S/c1-8(9(10)11)6-4-2-3-5-7-12/h12H,1-7H2,(H,10,11). The van der Waals surface area contributed by atoms with Gasteiger partial charge in [0.25, 0.3) is 0 Å². The highest BCUT2D eigenvalue weighted by Gasteiger charge is 2.01. The van der Waals surface area contributed by atoms with E-state index < -0.39 is 5.97 Å². The minimum atomic E-state index is -0.871. The number of hydrogen-bond acceptors (Lipinski definition) is 2. The van der Waals surface area contributed by atoms with Gasteiger partial charge in [0.2, 0.25) is 0 Å². The molecule has 0 aliphatic carbocycles. The van der Waals surface area contributed by atoms with Crippen LogP contribution in [0.4, 0.5) is 0 Å². The molecule has 0 aromatic carbocycles. The summed E-state index contributed by atoms with van der Waals surface area (Å²) in [4.78, 5) is 10.3. The van der Waals surface area contributed by atoms with E-state index in [1.807, 2.05) is 0 Å². The molecule has 2 nitrogen and oxygen atoms in total. The summed E-state index contributed by atoms with van der Waals surface area (Å²) in [5.74, 6) is 0.0454. The second-order valence-corrected chi connectivity index (χ2v) is 3.24. The molecule has 0 heterocycles. The lowest BCUT2D eigenvalue weighted by molar-refractivity contribution is -0.132. The zero-order valence-corrected chi connectivity index (χ0v) is 8.15. The third-order valence-corrected chi connectivity index (χ3v) is 2.01. The first-order valence-electron chi connectivity index (χ1n) is 4.20. The summed E-state index contributed by atoms with van der Waals surface area (Å²) in [5.41, 5.74) is 0.320. The lowest BCUT2D eigenvalue weighted by Crippen LogP contribution is -1.98. The van der Waals surface area contributed by atoms with Crippen LogP contribution in [0.25, 0.3) is 0 Å². The third-order valence-electron chi connectivity index (χ3n) is 1.69. The van der Waals surface area contributed by atoms with Gasteiger partial charge in [-0.1, -0.05) is 19.4 Å². The fraction of sp³-hybridized carbons (Fsp3) is 0.667. The molecule has 0 atom stereocenters. The monoisotopic (exact) mass is 188 g/mol. The summed E-state index contributed by atoms with van der Waals surface area (Å²) in [6.07, 6.45) is 4.87. The molecule has 12 heavy (non-hydrogen) atoms. The maximum Gasteiger partial charge on any atom is 0.330 e. The van der Waals surface area contributed by atoms with E-state index in [0.717, 1.165) is 31.4 Å². The number of aliphatic carboxylic acids is 1. The number of hydrogen-bond donors (Lipinski definition) is 2. The number of carboxylic acids is 1. The van der Waals surface area contributed by atoms with Crippen LogP contribution in [0.1, 0.15) is 32.1 Å². The van der Waals surface area contributed by atoms with E-state index in [1.54, 1.807) is 0 Å². The van der Waals surface area contributed by atoms with Crippen molar-refractivity contribution in [1.82, 2.24) is 0 Å². The second kappa shape index (κ2) is 7.22. The average molecular weight is 188 g/mol. The number of thiol groups is 1. The highest BCUT2D eigenvalue weighted by molar-refractivity contribution is 7.80. The van der Waals surface area contributed by atoms with Crippen LogP contribution < -0.4 is 0 Å². The van der Waals surface area contributed by atoms with Crippen molar-refractivity contribution in [2.75, 3.05) is 5.75 Å². The predicted molar refractivity (Wildman–Crippen MR) is 53.7 cm³/mol. The van der Waals surface area contributed by atoms with Crippen LogP contribution in [-0.4, -0.2) is 16.8 Å². The first-order valence-corrected chi connectivity index (χ1v) is 4.83. The molecule has 3 heteroatoms.